The third kappa shape index (κ3) is 5.76. The zero-order valence-corrected chi connectivity index (χ0v) is 10.6. The molecule has 1 aromatic heterocycles. The van der Waals surface area contributed by atoms with Crippen molar-refractivity contribution in [2.75, 3.05) is 17.6 Å². The molecule has 0 aliphatic rings. The molecule has 3 N–H and O–H groups in total. The first-order valence-electron chi connectivity index (χ1n) is 5.10. The predicted octanol–water partition coefficient (Wildman–Crippen LogP) is 3.57. The van der Waals surface area contributed by atoms with Crippen LogP contribution < -0.4 is 11.1 Å². The first-order valence-corrected chi connectivity index (χ1v) is 5.89. The zero-order valence-electron chi connectivity index (χ0n) is 9.02. The van der Waals surface area contributed by atoms with Gasteiger partial charge in [-0.3, -0.25) is 0 Å². The largest absolute Gasteiger partial charge is 0.397 e. The molecular formula is C10H13BrF3N3. The maximum atomic E-state index is 11.9. The van der Waals surface area contributed by atoms with Gasteiger partial charge in [-0.05, 0) is 34.8 Å². The Kier molecular flexibility index (Phi) is 5.04. The number of alkyl halides is 3. The highest BCUT2D eigenvalue weighted by atomic mass is 79.9. The van der Waals surface area contributed by atoms with Gasteiger partial charge in [0, 0.05) is 13.0 Å². The van der Waals surface area contributed by atoms with Gasteiger partial charge in [0.2, 0.25) is 0 Å². The Morgan fingerprint density at radius 2 is 2.06 bits per heavy atom. The third-order valence-corrected chi connectivity index (χ3v) is 2.65. The number of rotatable bonds is 5. The van der Waals surface area contributed by atoms with E-state index in [0.29, 0.717) is 28.9 Å². The second-order valence-corrected chi connectivity index (χ2v) is 4.45. The molecule has 0 aliphatic heterocycles. The average Bonchev–Trinajstić information content (AvgIpc) is 2.18. The van der Waals surface area contributed by atoms with Crippen molar-refractivity contribution in [3.05, 3.63) is 16.7 Å². The van der Waals surface area contributed by atoms with Gasteiger partial charge in [0.05, 0.1) is 16.4 Å². The Balaban J connectivity index is 2.27. The van der Waals surface area contributed by atoms with Crippen molar-refractivity contribution < 1.29 is 13.2 Å². The number of unbranched alkanes of at least 4 members (excludes halogenated alkanes) is 1. The lowest BCUT2D eigenvalue weighted by atomic mass is 10.2. The fraction of sp³-hybridized carbons (Fsp3) is 0.500. The first-order chi connectivity index (χ1) is 7.88. The van der Waals surface area contributed by atoms with Crippen LogP contribution in [0.2, 0.25) is 0 Å². The molecule has 7 heteroatoms. The molecule has 1 heterocycles. The van der Waals surface area contributed by atoms with Crippen LogP contribution >= 0.6 is 15.9 Å². The van der Waals surface area contributed by atoms with Crippen LogP contribution in [0.5, 0.6) is 0 Å². The quantitative estimate of drug-likeness (QED) is 0.817. The van der Waals surface area contributed by atoms with E-state index < -0.39 is 12.6 Å². The summed E-state index contributed by atoms with van der Waals surface area (Å²) in [6.45, 7) is 0.450. The first kappa shape index (κ1) is 14.1. The fourth-order valence-corrected chi connectivity index (χ4v) is 1.75. The van der Waals surface area contributed by atoms with E-state index in [9.17, 15) is 13.2 Å². The van der Waals surface area contributed by atoms with E-state index >= 15 is 0 Å². The van der Waals surface area contributed by atoms with E-state index in [0.717, 1.165) is 0 Å². The molecule has 0 radical (unpaired) electrons. The molecule has 0 saturated carbocycles. The normalized spacial score (nSPS) is 11.5. The number of nitrogens with zero attached hydrogens (tertiary/aromatic N) is 1. The zero-order chi connectivity index (χ0) is 12.9. The van der Waals surface area contributed by atoms with Gasteiger partial charge in [0.25, 0.3) is 0 Å². The Bertz CT molecular complexity index is 368. The monoisotopic (exact) mass is 311 g/mol. The van der Waals surface area contributed by atoms with E-state index in [4.69, 9.17) is 5.73 Å². The summed E-state index contributed by atoms with van der Waals surface area (Å²) in [7, 11) is 0. The topological polar surface area (TPSA) is 50.9 Å². The van der Waals surface area contributed by atoms with E-state index in [1.165, 1.54) is 6.20 Å². The lowest BCUT2D eigenvalue weighted by molar-refractivity contribution is -0.135. The summed E-state index contributed by atoms with van der Waals surface area (Å²) in [4.78, 5) is 4.02. The number of aromatic nitrogens is 1. The molecule has 0 amide bonds. The Hall–Kier alpha value is -0.980. The van der Waals surface area contributed by atoms with Gasteiger partial charge in [-0.15, -0.1) is 0 Å². The number of pyridine rings is 1. The van der Waals surface area contributed by atoms with Crippen molar-refractivity contribution in [2.24, 2.45) is 0 Å². The standard InChI is InChI=1S/C10H13BrF3N3/c11-8-5-7(15)6-17-9(8)16-4-2-1-3-10(12,13)14/h5-6H,1-4,15H2,(H,16,17). The number of hydrogen-bond donors (Lipinski definition) is 2. The van der Waals surface area contributed by atoms with Gasteiger partial charge in [-0.1, -0.05) is 0 Å². The number of nitrogen functional groups attached to an aromatic ring is 1. The second-order valence-electron chi connectivity index (χ2n) is 3.60. The molecular weight excluding hydrogens is 299 g/mol. The molecule has 0 bridgehead atoms. The molecule has 0 atom stereocenters. The van der Waals surface area contributed by atoms with Crippen molar-refractivity contribution in [1.29, 1.82) is 0 Å². The van der Waals surface area contributed by atoms with Gasteiger partial charge in [-0.25, -0.2) is 4.98 Å². The third-order valence-electron chi connectivity index (χ3n) is 2.04. The molecule has 1 aromatic rings. The molecule has 0 aliphatic carbocycles. The highest BCUT2D eigenvalue weighted by Gasteiger charge is 2.25. The van der Waals surface area contributed by atoms with Crippen LogP contribution in [0.1, 0.15) is 19.3 Å². The Morgan fingerprint density at radius 3 is 2.65 bits per heavy atom. The van der Waals surface area contributed by atoms with Crippen LogP contribution in [-0.4, -0.2) is 17.7 Å². The lowest BCUT2D eigenvalue weighted by Crippen LogP contribution is -2.09. The Morgan fingerprint density at radius 1 is 1.35 bits per heavy atom. The van der Waals surface area contributed by atoms with Crippen molar-refractivity contribution in [1.82, 2.24) is 4.98 Å². The molecule has 1 rings (SSSR count). The lowest BCUT2D eigenvalue weighted by Gasteiger charge is -2.09. The minimum atomic E-state index is -4.07. The summed E-state index contributed by atoms with van der Waals surface area (Å²) >= 11 is 3.26. The SMILES string of the molecule is Nc1cnc(NCCCCC(F)(F)F)c(Br)c1. The molecule has 0 spiro atoms. The summed E-state index contributed by atoms with van der Waals surface area (Å²) in [5.74, 6) is 0.589. The van der Waals surface area contributed by atoms with Crippen LogP contribution in [0.15, 0.2) is 16.7 Å². The molecule has 0 unspecified atom stereocenters. The number of anilines is 2. The van der Waals surface area contributed by atoms with Crippen LogP contribution in [0.25, 0.3) is 0 Å². The molecule has 17 heavy (non-hydrogen) atoms. The minimum Gasteiger partial charge on any atom is -0.397 e. The summed E-state index contributed by atoms with van der Waals surface area (Å²) in [6, 6.07) is 1.69. The van der Waals surface area contributed by atoms with Crippen molar-refractivity contribution >= 4 is 27.4 Å². The van der Waals surface area contributed by atoms with Crippen molar-refractivity contribution in [3.63, 3.8) is 0 Å². The number of nitrogens with two attached hydrogens (primary N) is 1. The minimum absolute atomic E-state index is 0.114. The molecule has 96 valence electrons. The van der Waals surface area contributed by atoms with E-state index in [1.54, 1.807) is 6.07 Å². The molecule has 0 saturated heterocycles. The highest BCUT2D eigenvalue weighted by molar-refractivity contribution is 9.10. The maximum absolute atomic E-state index is 11.9. The van der Waals surface area contributed by atoms with Gasteiger partial charge >= 0.3 is 6.18 Å². The predicted molar refractivity (Wildman–Crippen MR) is 64.7 cm³/mol. The number of nitrogens with one attached hydrogen (secondary N) is 1. The summed E-state index contributed by atoms with van der Waals surface area (Å²) in [5.41, 5.74) is 6.03. The van der Waals surface area contributed by atoms with Crippen LogP contribution in [0.3, 0.4) is 0 Å². The maximum Gasteiger partial charge on any atom is 0.389 e. The van der Waals surface area contributed by atoms with E-state index in [1.807, 2.05) is 0 Å². The smallest absolute Gasteiger partial charge is 0.389 e. The summed E-state index contributed by atoms with van der Waals surface area (Å²) in [5, 5.41) is 2.95. The van der Waals surface area contributed by atoms with E-state index in [2.05, 4.69) is 26.2 Å². The van der Waals surface area contributed by atoms with Crippen LogP contribution in [-0.2, 0) is 0 Å². The number of hydrogen-bond acceptors (Lipinski definition) is 3. The highest BCUT2D eigenvalue weighted by Crippen LogP contribution is 2.23. The van der Waals surface area contributed by atoms with E-state index in [-0.39, 0.29) is 6.42 Å². The van der Waals surface area contributed by atoms with Crippen LogP contribution in [0, 0.1) is 0 Å². The average molecular weight is 312 g/mol. The second kappa shape index (κ2) is 6.09. The summed E-state index contributed by atoms with van der Waals surface area (Å²) in [6.07, 6.45) is -2.77. The number of halogens is 4. The van der Waals surface area contributed by atoms with Gasteiger partial charge in [0.1, 0.15) is 5.82 Å². The van der Waals surface area contributed by atoms with Crippen molar-refractivity contribution in [3.8, 4) is 0 Å². The summed E-state index contributed by atoms with van der Waals surface area (Å²) < 4.78 is 36.3. The van der Waals surface area contributed by atoms with Crippen molar-refractivity contribution in [2.45, 2.75) is 25.4 Å². The molecule has 0 fully saturated rings. The van der Waals surface area contributed by atoms with Gasteiger partial charge in [-0.2, -0.15) is 13.2 Å². The van der Waals surface area contributed by atoms with Gasteiger partial charge in [0.15, 0.2) is 0 Å². The fourth-order valence-electron chi connectivity index (χ4n) is 1.24. The van der Waals surface area contributed by atoms with Gasteiger partial charge < -0.3 is 11.1 Å². The molecule has 3 nitrogen and oxygen atoms in total. The Labute approximate surface area is 106 Å². The van der Waals surface area contributed by atoms with Crippen LogP contribution in [0.4, 0.5) is 24.7 Å². The molecule has 0 aromatic carbocycles.